The van der Waals surface area contributed by atoms with Crippen LogP contribution in [-0.4, -0.2) is 74.8 Å². The fourth-order valence-corrected chi connectivity index (χ4v) is 4.57. The molecule has 0 fully saturated rings. The highest BCUT2D eigenvalue weighted by molar-refractivity contribution is 7.11. The molecule has 3 amide bonds. The fourth-order valence-electron chi connectivity index (χ4n) is 3.67. The van der Waals surface area contributed by atoms with Gasteiger partial charge in [0.15, 0.2) is 11.5 Å². The molecule has 0 bridgehead atoms. The van der Waals surface area contributed by atoms with Crippen LogP contribution in [0.15, 0.2) is 30.3 Å². The molecule has 1 aromatic carbocycles. The van der Waals surface area contributed by atoms with E-state index < -0.39 is 5.54 Å². The van der Waals surface area contributed by atoms with Gasteiger partial charge >= 0.3 is 6.03 Å². The number of carbonyl (C=O) groups excluding carboxylic acids is 2. The molecule has 0 aliphatic carbocycles. The maximum absolute atomic E-state index is 13.5. The number of urea groups is 1. The first-order valence-electron chi connectivity index (χ1n) is 12.2. The van der Waals surface area contributed by atoms with E-state index in [1.165, 1.54) is 4.88 Å². The molecule has 0 radical (unpaired) electrons. The lowest BCUT2D eigenvalue weighted by molar-refractivity contribution is -0.132. The zero-order valence-corrected chi connectivity index (χ0v) is 23.5. The van der Waals surface area contributed by atoms with Crippen molar-refractivity contribution < 1.29 is 23.8 Å². The number of nitrogens with one attached hydrogen (secondary N) is 1. The first-order valence-corrected chi connectivity index (χ1v) is 13.0. The fraction of sp³-hybridized carbons (Fsp3) is 0.556. The number of methoxy groups -OCH3 is 3. The van der Waals surface area contributed by atoms with Crippen molar-refractivity contribution in [3.8, 4) is 11.5 Å². The molecule has 0 aliphatic heterocycles. The summed E-state index contributed by atoms with van der Waals surface area (Å²) in [6.07, 6.45) is 1.30. The number of benzene rings is 1. The van der Waals surface area contributed by atoms with Gasteiger partial charge in [0.25, 0.3) is 0 Å². The molecule has 0 aliphatic rings. The molecule has 0 saturated heterocycles. The van der Waals surface area contributed by atoms with Crippen LogP contribution >= 0.6 is 11.3 Å². The third kappa shape index (κ3) is 9.70. The van der Waals surface area contributed by atoms with Crippen LogP contribution in [0.5, 0.6) is 11.5 Å². The van der Waals surface area contributed by atoms with Crippen molar-refractivity contribution in [2.45, 2.75) is 52.6 Å². The van der Waals surface area contributed by atoms with E-state index >= 15 is 0 Å². The molecule has 36 heavy (non-hydrogen) atoms. The lowest BCUT2D eigenvalue weighted by atomic mass is 10.1. The van der Waals surface area contributed by atoms with Gasteiger partial charge in [0.2, 0.25) is 5.91 Å². The minimum atomic E-state index is -0.402. The molecule has 0 atom stereocenters. The van der Waals surface area contributed by atoms with Crippen LogP contribution < -0.4 is 14.8 Å². The average Bonchev–Trinajstić information content (AvgIpc) is 3.24. The summed E-state index contributed by atoms with van der Waals surface area (Å²) >= 11 is 1.68. The monoisotopic (exact) mass is 519 g/mol. The summed E-state index contributed by atoms with van der Waals surface area (Å²) in [5.41, 5.74) is 0.636. The molecule has 8 nitrogen and oxygen atoms in total. The highest BCUT2D eigenvalue weighted by atomic mass is 32.1. The second-order valence-corrected chi connectivity index (χ2v) is 11.1. The minimum Gasteiger partial charge on any atom is -0.493 e. The lowest BCUT2D eigenvalue weighted by Crippen LogP contribution is -2.52. The van der Waals surface area contributed by atoms with Crippen molar-refractivity contribution in [2.75, 3.05) is 47.6 Å². The van der Waals surface area contributed by atoms with Crippen LogP contribution in [0.4, 0.5) is 4.79 Å². The maximum Gasteiger partial charge on any atom is 0.318 e. The van der Waals surface area contributed by atoms with E-state index in [9.17, 15) is 9.59 Å². The van der Waals surface area contributed by atoms with Crippen LogP contribution in [0, 0.1) is 6.92 Å². The molecule has 0 saturated carbocycles. The van der Waals surface area contributed by atoms with E-state index in [0.29, 0.717) is 50.6 Å². The van der Waals surface area contributed by atoms with Gasteiger partial charge in [-0.3, -0.25) is 4.79 Å². The summed E-state index contributed by atoms with van der Waals surface area (Å²) in [5.74, 6) is 1.23. The molecule has 2 aromatic rings. The molecule has 2 rings (SSSR count). The SMILES string of the molecule is COCCCN(CC(=O)N(CCc1ccc(OC)c(OC)c1)Cc1ccc(C)s1)C(=O)NC(C)(C)C. The Labute approximate surface area is 219 Å². The number of hydrogen-bond acceptors (Lipinski definition) is 6. The van der Waals surface area contributed by atoms with Gasteiger partial charge in [-0.15, -0.1) is 11.3 Å². The van der Waals surface area contributed by atoms with Gasteiger partial charge in [-0.25, -0.2) is 4.79 Å². The number of rotatable bonds is 13. The molecule has 200 valence electrons. The Kier molecular flexibility index (Phi) is 11.5. The van der Waals surface area contributed by atoms with Crippen molar-refractivity contribution in [1.82, 2.24) is 15.1 Å². The Hall–Kier alpha value is -2.78. The number of thiophene rings is 1. The number of nitrogens with zero attached hydrogens (tertiary/aromatic N) is 2. The third-order valence-electron chi connectivity index (χ3n) is 5.49. The second-order valence-electron chi connectivity index (χ2n) is 9.72. The molecule has 1 N–H and O–H groups in total. The summed E-state index contributed by atoms with van der Waals surface area (Å²) in [6.45, 7) is 9.79. The number of hydrogen-bond donors (Lipinski definition) is 1. The van der Waals surface area contributed by atoms with Crippen molar-refractivity contribution in [1.29, 1.82) is 0 Å². The van der Waals surface area contributed by atoms with E-state index in [-0.39, 0.29) is 18.5 Å². The minimum absolute atomic E-state index is 0.00190. The Bertz CT molecular complexity index is 986. The number of carbonyl (C=O) groups is 2. The maximum atomic E-state index is 13.5. The largest absolute Gasteiger partial charge is 0.493 e. The quantitative estimate of drug-likeness (QED) is 0.395. The Morgan fingerprint density at radius 2 is 1.69 bits per heavy atom. The topological polar surface area (TPSA) is 80.3 Å². The summed E-state index contributed by atoms with van der Waals surface area (Å²) in [4.78, 5) is 32.2. The van der Waals surface area contributed by atoms with Gasteiger partial charge in [0, 0.05) is 42.1 Å². The van der Waals surface area contributed by atoms with Crippen molar-refractivity contribution >= 4 is 23.3 Å². The van der Waals surface area contributed by atoms with E-state index in [4.69, 9.17) is 14.2 Å². The number of aryl methyl sites for hydroxylation is 1. The Balaban J connectivity index is 2.19. The standard InChI is InChI=1S/C27H41N3O5S/c1-20-9-11-22(36-20)18-29(15-13-21-10-12-23(34-6)24(17-21)35-7)25(31)19-30(14-8-16-33-5)26(32)28-27(2,3)4/h9-12,17H,8,13-16,18-19H2,1-7H3,(H,28,32). The highest BCUT2D eigenvalue weighted by Gasteiger charge is 2.24. The second kappa shape index (κ2) is 14.1. The summed E-state index contributed by atoms with van der Waals surface area (Å²) in [7, 11) is 4.84. The summed E-state index contributed by atoms with van der Waals surface area (Å²) in [5, 5.41) is 2.98. The molecule has 1 heterocycles. The van der Waals surface area contributed by atoms with E-state index in [1.54, 1.807) is 37.6 Å². The van der Waals surface area contributed by atoms with Crippen molar-refractivity contribution in [2.24, 2.45) is 0 Å². The molecular weight excluding hydrogens is 478 g/mol. The van der Waals surface area contributed by atoms with Gasteiger partial charge in [0.05, 0.1) is 20.8 Å². The smallest absolute Gasteiger partial charge is 0.318 e. The first kappa shape index (κ1) is 29.5. The van der Waals surface area contributed by atoms with Gasteiger partial charge in [-0.2, -0.15) is 0 Å². The molecule has 0 unspecified atom stereocenters. The van der Waals surface area contributed by atoms with E-state index in [1.807, 2.05) is 43.9 Å². The van der Waals surface area contributed by atoms with Crippen LogP contribution in [0.1, 0.15) is 42.5 Å². The van der Waals surface area contributed by atoms with Crippen molar-refractivity contribution in [3.63, 3.8) is 0 Å². The Morgan fingerprint density at radius 1 is 0.972 bits per heavy atom. The van der Waals surface area contributed by atoms with Gasteiger partial charge < -0.3 is 29.3 Å². The van der Waals surface area contributed by atoms with Crippen molar-refractivity contribution in [3.05, 3.63) is 45.6 Å². The average molecular weight is 520 g/mol. The molecule has 9 heteroatoms. The number of amides is 3. The first-order chi connectivity index (χ1) is 17.1. The predicted molar refractivity (Wildman–Crippen MR) is 144 cm³/mol. The van der Waals surface area contributed by atoms with Crippen LogP contribution in [-0.2, 0) is 22.5 Å². The van der Waals surface area contributed by atoms with E-state index in [0.717, 1.165) is 10.4 Å². The van der Waals surface area contributed by atoms with Gasteiger partial charge in [-0.1, -0.05) is 6.07 Å². The highest BCUT2D eigenvalue weighted by Crippen LogP contribution is 2.28. The number of ether oxygens (including phenoxy) is 3. The van der Waals surface area contributed by atoms with E-state index in [2.05, 4.69) is 24.4 Å². The lowest BCUT2D eigenvalue weighted by Gasteiger charge is -2.30. The van der Waals surface area contributed by atoms with Crippen LogP contribution in [0.3, 0.4) is 0 Å². The Morgan fingerprint density at radius 3 is 2.28 bits per heavy atom. The van der Waals surface area contributed by atoms with Gasteiger partial charge in [0.1, 0.15) is 6.54 Å². The van der Waals surface area contributed by atoms with Crippen LogP contribution in [0.2, 0.25) is 0 Å². The van der Waals surface area contributed by atoms with Crippen LogP contribution in [0.25, 0.3) is 0 Å². The van der Waals surface area contributed by atoms with Gasteiger partial charge in [-0.05, 0) is 70.4 Å². The molecule has 0 spiro atoms. The molecular formula is C27H41N3O5S. The third-order valence-corrected chi connectivity index (χ3v) is 6.47. The summed E-state index contributed by atoms with van der Waals surface area (Å²) in [6, 6.07) is 9.65. The zero-order valence-electron chi connectivity index (χ0n) is 22.7. The predicted octanol–water partition coefficient (Wildman–Crippen LogP) is 4.49. The molecule has 1 aromatic heterocycles. The zero-order chi connectivity index (χ0) is 26.7. The summed E-state index contributed by atoms with van der Waals surface area (Å²) < 4.78 is 15.9. The normalized spacial score (nSPS) is 11.2.